The number of rotatable bonds is 7. The third-order valence-electron chi connectivity index (χ3n) is 4.77. The molecule has 0 saturated carbocycles. The smallest absolute Gasteiger partial charge is 0.0693 e. The molecule has 2 atom stereocenters. The van der Waals surface area contributed by atoms with Gasteiger partial charge in [0.25, 0.3) is 0 Å². The molecular formula is C20H27NO. The largest absolute Gasteiger partial charge is 0.391 e. The monoisotopic (exact) mass is 297 g/mol. The van der Waals surface area contributed by atoms with Gasteiger partial charge in [0.1, 0.15) is 0 Å². The molecule has 0 aliphatic rings. The molecule has 2 heteroatoms. The first-order valence-corrected chi connectivity index (χ1v) is 8.07. The third-order valence-corrected chi connectivity index (χ3v) is 4.77. The van der Waals surface area contributed by atoms with Crippen molar-refractivity contribution in [2.24, 2.45) is 0 Å². The summed E-state index contributed by atoms with van der Waals surface area (Å²) in [6.07, 6.45) is 0.523. The zero-order chi connectivity index (χ0) is 16.0. The molecule has 0 saturated heterocycles. The van der Waals surface area contributed by atoms with E-state index in [9.17, 15) is 5.11 Å². The Morgan fingerprint density at radius 1 is 0.909 bits per heavy atom. The SMILES string of the molecule is CCC(C)(C(C)O)N(Cc1ccccc1)Cc1ccccc1. The number of hydrogen-bond acceptors (Lipinski definition) is 2. The lowest BCUT2D eigenvalue weighted by Gasteiger charge is -2.43. The molecule has 0 spiro atoms. The first-order chi connectivity index (χ1) is 10.6. The second-order valence-corrected chi connectivity index (χ2v) is 6.21. The first-order valence-electron chi connectivity index (χ1n) is 8.07. The Morgan fingerprint density at radius 2 is 1.32 bits per heavy atom. The van der Waals surface area contributed by atoms with E-state index >= 15 is 0 Å². The van der Waals surface area contributed by atoms with Gasteiger partial charge in [0.05, 0.1) is 6.10 Å². The summed E-state index contributed by atoms with van der Waals surface area (Å²) in [6.45, 7) is 7.88. The van der Waals surface area contributed by atoms with Gasteiger partial charge in [0, 0.05) is 18.6 Å². The highest BCUT2D eigenvalue weighted by molar-refractivity contribution is 5.18. The van der Waals surface area contributed by atoms with E-state index in [-0.39, 0.29) is 11.6 Å². The summed E-state index contributed by atoms with van der Waals surface area (Å²) in [4.78, 5) is 2.39. The fourth-order valence-electron chi connectivity index (χ4n) is 2.81. The van der Waals surface area contributed by atoms with Crippen LogP contribution in [0.15, 0.2) is 60.7 Å². The van der Waals surface area contributed by atoms with Crippen LogP contribution >= 0.6 is 0 Å². The molecule has 2 aromatic carbocycles. The molecule has 0 fully saturated rings. The summed E-state index contributed by atoms with van der Waals surface area (Å²) < 4.78 is 0. The van der Waals surface area contributed by atoms with Crippen LogP contribution in [0.5, 0.6) is 0 Å². The van der Waals surface area contributed by atoms with E-state index in [2.05, 4.69) is 67.3 Å². The maximum atomic E-state index is 10.4. The number of benzene rings is 2. The van der Waals surface area contributed by atoms with Crippen LogP contribution in [-0.2, 0) is 13.1 Å². The van der Waals surface area contributed by atoms with Crippen molar-refractivity contribution in [2.45, 2.75) is 51.9 Å². The fraction of sp³-hybridized carbons (Fsp3) is 0.400. The van der Waals surface area contributed by atoms with Gasteiger partial charge in [-0.3, -0.25) is 4.90 Å². The van der Waals surface area contributed by atoms with E-state index in [1.165, 1.54) is 11.1 Å². The van der Waals surface area contributed by atoms with Gasteiger partial charge in [-0.25, -0.2) is 0 Å². The van der Waals surface area contributed by atoms with Gasteiger partial charge in [-0.2, -0.15) is 0 Å². The minimum absolute atomic E-state index is 0.244. The highest BCUT2D eigenvalue weighted by Crippen LogP contribution is 2.28. The highest BCUT2D eigenvalue weighted by Gasteiger charge is 2.34. The summed E-state index contributed by atoms with van der Waals surface area (Å²) in [5.74, 6) is 0. The average Bonchev–Trinajstić information content (AvgIpc) is 2.55. The summed E-state index contributed by atoms with van der Waals surface area (Å²) in [7, 11) is 0. The lowest BCUT2D eigenvalue weighted by Crippen LogP contribution is -2.52. The Labute approximate surface area is 134 Å². The van der Waals surface area contributed by atoms with Crippen LogP contribution in [0, 0.1) is 0 Å². The molecule has 118 valence electrons. The van der Waals surface area contributed by atoms with Crippen molar-refractivity contribution in [3.63, 3.8) is 0 Å². The molecule has 2 rings (SSSR count). The van der Waals surface area contributed by atoms with Crippen LogP contribution in [0.3, 0.4) is 0 Å². The normalized spacial score (nSPS) is 15.5. The van der Waals surface area contributed by atoms with E-state index in [0.29, 0.717) is 0 Å². The molecule has 22 heavy (non-hydrogen) atoms. The first kappa shape index (κ1) is 16.7. The van der Waals surface area contributed by atoms with Crippen molar-refractivity contribution in [1.82, 2.24) is 4.90 Å². The maximum absolute atomic E-state index is 10.4. The van der Waals surface area contributed by atoms with Crippen molar-refractivity contribution in [2.75, 3.05) is 0 Å². The Bertz CT molecular complexity index is 511. The van der Waals surface area contributed by atoms with Crippen LogP contribution in [0.2, 0.25) is 0 Å². The molecule has 2 nitrogen and oxygen atoms in total. The Balaban J connectivity index is 2.27. The Kier molecular flexibility index (Phi) is 5.76. The lowest BCUT2D eigenvalue weighted by molar-refractivity contribution is -0.0249. The molecule has 0 radical (unpaired) electrons. The van der Waals surface area contributed by atoms with Gasteiger partial charge in [-0.05, 0) is 31.4 Å². The third kappa shape index (κ3) is 3.96. The second kappa shape index (κ2) is 7.57. The van der Waals surface area contributed by atoms with Gasteiger partial charge < -0.3 is 5.11 Å². The summed E-state index contributed by atoms with van der Waals surface area (Å²) in [5, 5.41) is 10.4. The molecule has 0 bridgehead atoms. The molecule has 0 amide bonds. The maximum Gasteiger partial charge on any atom is 0.0693 e. The lowest BCUT2D eigenvalue weighted by atomic mass is 9.89. The Morgan fingerprint density at radius 3 is 1.64 bits per heavy atom. The van der Waals surface area contributed by atoms with Crippen molar-refractivity contribution in [3.8, 4) is 0 Å². The van der Waals surface area contributed by atoms with Crippen molar-refractivity contribution in [3.05, 3.63) is 71.8 Å². The van der Waals surface area contributed by atoms with E-state index < -0.39 is 0 Å². The highest BCUT2D eigenvalue weighted by atomic mass is 16.3. The molecule has 2 unspecified atom stereocenters. The fourth-order valence-corrected chi connectivity index (χ4v) is 2.81. The van der Waals surface area contributed by atoms with Gasteiger partial charge in [0.15, 0.2) is 0 Å². The Hall–Kier alpha value is -1.64. The molecular weight excluding hydrogens is 270 g/mol. The van der Waals surface area contributed by atoms with Crippen molar-refractivity contribution >= 4 is 0 Å². The van der Waals surface area contributed by atoms with Crippen LogP contribution in [0.25, 0.3) is 0 Å². The summed E-state index contributed by atoms with van der Waals surface area (Å²) in [6, 6.07) is 21.0. The molecule has 2 aromatic rings. The van der Waals surface area contributed by atoms with E-state index in [1.54, 1.807) is 0 Å². The molecule has 0 aliphatic carbocycles. The molecule has 0 heterocycles. The average molecular weight is 297 g/mol. The number of aliphatic hydroxyl groups is 1. The van der Waals surface area contributed by atoms with E-state index in [0.717, 1.165) is 19.5 Å². The number of hydrogen-bond donors (Lipinski definition) is 1. The second-order valence-electron chi connectivity index (χ2n) is 6.21. The number of aliphatic hydroxyl groups excluding tert-OH is 1. The zero-order valence-corrected chi connectivity index (χ0v) is 13.9. The van der Waals surface area contributed by atoms with E-state index in [4.69, 9.17) is 0 Å². The zero-order valence-electron chi connectivity index (χ0n) is 13.9. The standard InChI is InChI=1S/C20H27NO/c1-4-20(3,17(2)22)21(15-18-11-7-5-8-12-18)16-19-13-9-6-10-14-19/h5-14,17,22H,4,15-16H2,1-3H3. The minimum Gasteiger partial charge on any atom is -0.391 e. The molecule has 1 N–H and O–H groups in total. The van der Waals surface area contributed by atoms with Crippen LogP contribution in [0.1, 0.15) is 38.3 Å². The topological polar surface area (TPSA) is 23.5 Å². The van der Waals surface area contributed by atoms with E-state index in [1.807, 2.05) is 19.1 Å². The van der Waals surface area contributed by atoms with Crippen LogP contribution < -0.4 is 0 Å². The van der Waals surface area contributed by atoms with Crippen LogP contribution in [0.4, 0.5) is 0 Å². The van der Waals surface area contributed by atoms with Gasteiger partial charge in [0.2, 0.25) is 0 Å². The van der Waals surface area contributed by atoms with Crippen LogP contribution in [-0.4, -0.2) is 21.6 Å². The summed E-state index contributed by atoms with van der Waals surface area (Å²) >= 11 is 0. The van der Waals surface area contributed by atoms with Gasteiger partial charge in [-0.1, -0.05) is 67.6 Å². The minimum atomic E-state index is -0.384. The molecule has 0 aliphatic heterocycles. The van der Waals surface area contributed by atoms with Gasteiger partial charge >= 0.3 is 0 Å². The van der Waals surface area contributed by atoms with Gasteiger partial charge in [-0.15, -0.1) is 0 Å². The predicted octanol–water partition coefficient (Wildman–Crippen LogP) is 4.24. The quantitative estimate of drug-likeness (QED) is 0.826. The van der Waals surface area contributed by atoms with Crippen molar-refractivity contribution in [1.29, 1.82) is 0 Å². The summed E-state index contributed by atoms with van der Waals surface area (Å²) in [5.41, 5.74) is 2.31. The predicted molar refractivity (Wildman–Crippen MR) is 92.5 cm³/mol. The number of nitrogens with zero attached hydrogens (tertiary/aromatic N) is 1. The van der Waals surface area contributed by atoms with Crippen molar-refractivity contribution < 1.29 is 5.11 Å². The molecule has 0 aromatic heterocycles.